The van der Waals surface area contributed by atoms with Crippen molar-refractivity contribution in [2.75, 3.05) is 19.7 Å². The lowest BCUT2D eigenvalue weighted by Crippen LogP contribution is -2.52. The van der Waals surface area contributed by atoms with Gasteiger partial charge in [-0.05, 0) is 38.3 Å². The number of amides is 1. The number of hydrogen-bond donors (Lipinski definition) is 1. The Morgan fingerprint density at radius 2 is 2.28 bits per heavy atom. The van der Waals surface area contributed by atoms with E-state index in [0.717, 1.165) is 12.0 Å². The summed E-state index contributed by atoms with van der Waals surface area (Å²) < 4.78 is 7.12. The lowest BCUT2D eigenvalue weighted by Gasteiger charge is -2.39. The number of piperidine rings is 1. The van der Waals surface area contributed by atoms with E-state index in [1.807, 2.05) is 13.8 Å². The fourth-order valence-electron chi connectivity index (χ4n) is 3.23. The Hall–Kier alpha value is -2.48. The summed E-state index contributed by atoms with van der Waals surface area (Å²) in [5.41, 5.74) is 0.256. The molecular formula is C17H23N5O3. The molecular weight excluding hydrogens is 322 g/mol. The topological polar surface area (TPSA) is 93.4 Å². The Kier molecular flexibility index (Phi) is 4.98. The molecule has 8 nitrogen and oxygen atoms in total. The number of rotatable bonds is 5. The fraction of sp³-hybridized carbons (Fsp3) is 0.529. The third-order valence-electron chi connectivity index (χ3n) is 4.39. The van der Waals surface area contributed by atoms with E-state index in [0.29, 0.717) is 37.6 Å². The Morgan fingerprint density at radius 3 is 3.00 bits per heavy atom. The Labute approximate surface area is 146 Å². The van der Waals surface area contributed by atoms with E-state index >= 15 is 0 Å². The normalized spacial score (nSPS) is 20.5. The highest BCUT2D eigenvalue weighted by molar-refractivity contribution is 5.97. The minimum absolute atomic E-state index is 0.161. The number of ether oxygens (including phenoxy) is 1. The van der Waals surface area contributed by atoms with Gasteiger partial charge in [0.1, 0.15) is 11.2 Å². The van der Waals surface area contributed by atoms with Crippen LogP contribution in [-0.2, 0) is 6.54 Å². The molecule has 1 fully saturated rings. The van der Waals surface area contributed by atoms with Crippen LogP contribution in [0.1, 0.15) is 35.7 Å². The highest BCUT2D eigenvalue weighted by Crippen LogP contribution is 2.27. The summed E-state index contributed by atoms with van der Waals surface area (Å²) in [5, 5.41) is 18.6. The van der Waals surface area contributed by atoms with Gasteiger partial charge < -0.3 is 14.7 Å². The first-order valence-corrected chi connectivity index (χ1v) is 8.46. The number of carbonyl (C=O) groups excluding carboxylic acids is 1. The second-order valence-corrected chi connectivity index (χ2v) is 6.40. The van der Waals surface area contributed by atoms with E-state index in [9.17, 15) is 9.90 Å². The molecule has 134 valence electrons. The van der Waals surface area contributed by atoms with Crippen LogP contribution >= 0.6 is 0 Å². The molecule has 1 amide bonds. The molecule has 0 aliphatic carbocycles. The average molecular weight is 345 g/mol. The first-order chi connectivity index (χ1) is 12.0. The van der Waals surface area contributed by atoms with Crippen LogP contribution in [0.25, 0.3) is 0 Å². The minimum atomic E-state index is -1.02. The van der Waals surface area contributed by atoms with E-state index in [2.05, 4.69) is 15.3 Å². The van der Waals surface area contributed by atoms with E-state index in [1.54, 1.807) is 34.2 Å². The predicted molar refractivity (Wildman–Crippen MR) is 90.3 cm³/mol. The zero-order valence-electron chi connectivity index (χ0n) is 14.6. The van der Waals surface area contributed by atoms with Crippen molar-refractivity contribution in [1.29, 1.82) is 0 Å². The van der Waals surface area contributed by atoms with Crippen LogP contribution in [0.3, 0.4) is 0 Å². The number of aliphatic hydroxyl groups is 1. The molecule has 2 aromatic rings. The predicted octanol–water partition coefficient (Wildman–Crippen LogP) is 1.05. The molecule has 1 unspecified atom stereocenters. The van der Waals surface area contributed by atoms with Crippen LogP contribution < -0.4 is 4.74 Å². The zero-order valence-corrected chi connectivity index (χ0v) is 14.6. The molecule has 0 aromatic carbocycles. The maximum atomic E-state index is 13.1. The summed E-state index contributed by atoms with van der Waals surface area (Å²) >= 11 is 0. The van der Waals surface area contributed by atoms with Crippen molar-refractivity contribution in [3.8, 4) is 5.88 Å². The molecule has 2 aromatic heterocycles. The monoisotopic (exact) mass is 345 g/mol. The highest BCUT2D eigenvalue weighted by Gasteiger charge is 2.37. The second kappa shape index (κ2) is 7.18. The summed E-state index contributed by atoms with van der Waals surface area (Å²) in [7, 11) is 0. The molecule has 3 heterocycles. The third kappa shape index (κ3) is 3.79. The van der Waals surface area contributed by atoms with Crippen LogP contribution in [-0.4, -0.2) is 61.2 Å². The van der Waals surface area contributed by atoms with Crippen molar-refractivity contribution in [3.05, 3.63) is 35.8 Å². The Morgan fingerprint density at radius 1 is 1.44 bits per heavy atom. The van der Waals surface area contributed by atoms with Gasteiger partial charge in [0.25, 0.3) is 5.91 Å². The van der Waals surface area contributed by atoms with Gasteiger partial charge in [0.15, 0.2) is 0 Å². The number of carbonyl (C=O) groups is 1. The number of pyridine rings is 1. The number of aromatic nitrogens is 4. The van der Waals surface area contributed by atoms with Gasteiger partial charge in [0, 0.05) is 18.9 Å². The zero-order chi connectivity index (χ0) is 17.9. The van der Waals surface area contributed by atoms with E-state index in [-0.39, 0.29) is 12.5 Å². The summed E-state index contributed by atoms with van der Waals surface area (Å²) in [6, 6.07) is 1.79. The summed E-state index contributed by atoms with van der Waals surface area (Å²) in [6.07, 6.45) is 6.25. The van der Waals surface area contributed by atoms with Crippen molar-refractivity contribution in [1.82, 2.24) is 24.9 Å². The van der Waals surface area contributed by atoms with Gasteiger partial charge >= 0.3 is 0 Å². The van der Waals surface area contributed by atoms with Crippen molar-refractivity contribution in [2.24, 2.45) is 0 Å². The van der Waals surface area contributed by atoms with Gasteiger partial charge in [-0.1, -0.05) is 5.21 Å². The van der Waals surface area contributed by atoms with Crippen molar-refractivity contribution < 1.29 is 14.6 Å². The third-order valence-corrected chi connectivity index (χ3v) is 4.39. The maximum absolute atomic E-state index is 13.1. The molecule has 0 spiro atoms. The molecule has 1 aliphatic heterocycles. The van der Waals surface area contributed by atoms with Crippen molar-refractivity contribution in [2.45, 2.75) is 38.8 Å². The number of likely N-dealkylation sites (tertiary alicyclic amines) is 1. The second-order valence-electron chi connectivity index (χ2n) is 6.40. The molecule has 1 aliphatic rings. The van der Waals surface area contributed by atoms with E-state index in [1.165, 1.54) is 0 Å². The summed E-state index contributed by atoms with van der Waals surface area (Å²) in [5.74, 6) is 0.184. The van der Waals surface area contributed by atoms with E-state index in [4.69, 9.17) is 4.74 Å². The largest absolute Gasteiger partial charge is 0.477 e. The Balaban J connectivity index is 1.81. The smallest absolute Gasteiger partial charge is 0.259 e. The standard InChI is InChI=1S/C17H23N5O3/c1-3-25-15-14(13(2)5-7-18-15)16(23)21-9-4-6-17(24,11-21)12-22-10-8-19-20-22/h5,7-8,10,24H,3-4,6,9,11-12H2,1-2H3. The summed E-state index contributed by atoms with van der Waals surface area (Å²) in [4.78, 5) is 18.9. The van der Waals surface area contributed by atoms with Gasteiger partial charge in [-0.3, -0.25) is 4.79 Å². The highest BCUT2D eigenvalue weighted by atomic mass is 16.5. The van der Waals surface area contributed by atoms with Crippen LogP contribution in [0.2, 0.25) is 0 Å². The average Bonchev–Trinajstić information content (AvgIpc) is 3.07. The van der Waals surface area contributed by atoms with Crippen LogP contribution in [0.15, 0.2) is 24.7 Å². The number of nitrogens with zero attached hydrogens (tertiary/aromatic N) is 5. The molecule has 1 saturated heterocycles. The SMILES string of the molecule is CCOc1nccc(C)c1C(=O)N1CCCC(O)(Cn2ccnn2)C1. The molecule has 0 saturated carbocycles. The maximum Gasteiger partial charge on any atom is 0.259 e. The quantitative estimate of drug-likeness (QED) is 0.870. The molecule has 25 heavy (non-hydrogen) atoms. The first-order valence-electron chi connectivity index (χ1n) is 8.46. The first kappa shape index (κ1) is 17.3. The van der Waals surface area contributed by atoms with E-state index < -0.39 is 5.60 Å². The van der Waals surface area contributed by atoms with Crippen molar-refractivity contribution >= 4 is 5.91 Å². The molecule has 3 rings (SSSR count). The number of aryl methyl sites for hydroxylation is 1. The van der Waals surface area contributed by atoms with Crippen LogP contribution in [0.4, 0.5) is 0 Å². The van der Waals surface area contributed by atoms with Crippen molar-refractivity contribution in [3.63, 3.8) is 0 Å². The summed E-state index contributed by atoms with van der Waals surface area (Å²) in [6.45, 7) is 5.30. The van der Waals surface area contributed by atoms with Gasteiger partial charge in [-0.2, -0.15) is 0 Å². The van der Waals surface area contributed by atoms with Crippen LogP contribution in [0, 0.1) is 6.92 Å². The number of β-amino-alcohol motifs (C(OH)–C–C–N with tert-alkyl or cyclic N) is 1. The fourth-order valence-corrected chi connectivity index (χ4v) is 3.23. The Bertz CT molecular complexity index is 734. The van der Waals surface area contributed by atoms with Gasteiger partial charge in [-0.15, -0.1) is 5.10 Å². The van der Waals surface area contributed by atoms with Gasteiger partial charge in [0.2, 0.25) is 5.88 Å². The molecule has 1 N–H and O–H groups in total. The lowest BCUT2D eigenvalue weighted by atomic mass is 9.92. The van der Waals surface area contributed by atoms with Gasteiger partial charge in [-0.25, -0.2) is 9.67 Å². The molecule has 1 atom stereocenters. The molecule has 8 heteroatoms. The molecule has 0 bridgehead atoms. The molecule has 0 radical (unpaired) electrons. The minimum Gasteiger partial charge on any atom is -0.477 e. The van der Waals surface area contributed by atoms with Gasteiger partial charge in [0.05, 0.1) is 25.9 Å². The lowest BCUT2D eigenvalue weighted by molar-refractivity contribution is -0.0388. The van der Waals surface area contributed by atoms with Crippen LogP contribution in [0.5, 0.6) is 5.88 Å². The number of hydrogen-bond acceptors (Lipinski definition) is 6.